The van der Waals surface area contributed by atoms with Crippen LogP contribution in [0.5, 0.6) is 0 Å². The first kappa shape index (κ1) is 9.32. The van der Waals surface area contributed by atoms with Gasteiger partial charge in [-0.25, -0.2) is 0 Å². The van der Waals surface area contributed by atoms with Gasteiger partial charge in [-0.05, 0) is 12.8 Å². The first-order valence-electron chi connectivity index (χ1n) is 3.26. The van der Waals surface area contributed by atoms with Crippen LogP contribution in [0.1, 0.15) is 32.6 Å². The highest BCUT2D eigenvalue weighted by Gasteiger charge is 1.89. The van der Waals surface area contributed by atoms with Crippen molar-refractivity contribution in [2.45, 2.75) is 32.6 Å². The Kier molecular flexibility index (Phi) is 6.67. The van der Waals surface area contributed by atoms with Crippen molar-refractivity contribution in [1.29, 1.82) is 0 Å². The van der Waals surface area contributed by atoms with Crippen LogP contribution in [0, 0.1) is 0 Å². The van der Waals surface area contributed by atoms with Crippen molar-refractivity contribution >= 4 is 23.2 Å². The highest BCUT2D eigenvalue weighted by molar-refractivity contribution is 6.36. The zero-order valence-electron chi connectivity index (χ0n) is 5.66. The monoisotopic (exact) mass is 166 g/mol. The summed E-state index contributed by atoms with van der Waals surface area (Å²) < 4.78 is 0. The normalized spacial score (nSPS) is 12.1. The molecule has 0 aromatic carbocycles. The molecule has 0 nitrogen and oxygen atoms in total. The number of hydrogen-bond donors (Lipinski definition) is 0. The molecule has 0 aromatic heterocycles. The molecule has 0 aliphatic rings. The summed E-state index contributed by atoms with van der Waals surface area (Å²) in [5, 5.41) is 0.769. The van der Waals surface area contributed by atoms with E-state index in [1.165, 1.54) is 18.4 Å². The van der Waals surface area contributed by atoms with Crippen molar-refractivity contribution in [3.8, 4) is 0 Å². The van der Waals surface area contributed by atoms with Crippen molar-refractivity contribution in [3.63, 3.8) is 0 Å². The predicted octanol–water partition coefficient (Wildman–Crippen LogP) is 3.89. The fourth-order valence-electron chi connectivity index (χ4n) is 0.598. The Bertz CT molecular complexity index is 86.9. The maximum absolute atomic E-state index is 5.63. The van der Waals surface area contributed by atoms with E-state index in [0.717, 1.165) is 17.9 Å². The van der Waals surface area contributed by atoms with Crippen molar-refractivity contribution in [1.82, 2.24) is 0 Å². The minimum atomic E-state index is 0.769. The summed E-state index contributed by atoms with van der Waals surface area (Å²) in [5.74, 6) is 0. The van der Waals surface area contributed by atoms with Gasteiger partial charge in [-0.2, -0.15) is 0 Å². The smallest absolute Gasteiger partial charge is 0.0293 e. The Morgan fingerprint density at radius 2 is 2.11 bits per heavy atom. The van der Waals surface area contributed by atoms with Crippen LogP contribution < -0.4 is 0 Å². The fraction of sp³-hybridized carbons (Fsp3) is 0.714. The van der Waals surface area contributed by atoms with Crippen molar-refractivity contribution in [2.75, 3.05) is 0 Å². The number of unbranched alkanes of at least 4 members (excludes halogenated alkanes) is 2. The number of allylic oxidation sites excluding steroid dienone is 1. The molecule has 0 N–H and O–H groups in total. The third-order valence-corrected chi connectivity index (χ3v) is 1.81. The lowest BCUT2D eigenvalue weighted by Crippen LogP contribution is -1.73. The van der Waals surface area contributed by atoms with Gasteiger partial charge < -0.3 is 0 Å². The van der Waals surface area contributed by atoms with E-state index in [4.69, 9.17) is 23.2 Å². The van der Waals surface area contributed by atoms with Crippen LogP contribution in [-0.4, -0.2) is 0 Å². The average Bonchev–Trinajstić information content (AvgIpc) is 1.89. The molecule has 9 heavy (non-hydrogen) atoms. The predicted molar refractivity (Wildman–Crippen MR) is 43.9 cm³/mol. The Morgan fingerprint density at radius 1 is 1.44 bits per heavy atom. The summed E-state index contributed by atoms with van der Waals surface area (Å²) in [6.07, 6.45) is 4.55. The summed E-state index contributed by atoms with van der Waals surface area (Å²) in [6, 6.07) is 0. The van der Waals surface area contributed by atoms with E-state index in [1.807, 2.05) is 0 Å². The molecule has 0 saturated carbocycles. The average molecular weight is 167 g/mol. The van der Waals surface area contributed by atoms with Gasteiger partial charge in [0.25, 0.3) is 0 Å². The van der Waals surface area contributed by atoms with E-state index in [0.29, 0.717) is 0 Å². The second-order valence-corrected chi connectivity index (χ2v) is 2.72. The van der Waals surface area contributed by atoms with Gasteiger partial charge >= 0.3 is 0 Å². The molecule has 0 unspecified atom stereocenters. The number of halogens is 2. The minimum absolute atomic E-state index is 0.769. The van der Waals surface area contributed by atoms with Gasteiger partial charge in [-0.3, -0.25) is 0 Å². The lowest BCUT2D eigenvalue weighted by atomic mass is 10.2. The van der Waals surface area contributed by atoms with E-state index in [-0.39, 0.29) is 0 Å². The van der Waals surface area contributed by atoms with Crippen LogP contribution in [0.2, 0.25) is 0 Å². The van der Waals surface area contributed by atoms with Crippen molar-refractivity contribution < 1.29 is 0 Å². The molecule has 2 heteroatoms. The summed E-state index contributed by atoms with van der Waals surface area (Å²) in [5.41, 5.74) is 1.44. The van der Waals surface area contributed by atoms with E-state index in [9.17, 15) is 0 Å². The molecule has 0 fully saturated rings. The molecule has 0 aliphatic carbocycles. The van der Waals surface area contributed by atoms with Gasteiger partial charge in [0.15, 0.2) is 0 Å². The first-order valence-corrected chi connectivity index (χ1v) is 4.07. The summed E-state index contributed by atoms with van der Waals surface area (Å²) in [4.78, 5) is 0. The molecule has 0 atom stereocenters. The fourth-order valence-corrected chi connectivity index (χ4v) is 0.841. The zero-order valence-corrected chi connectivity index (χ0v) is 7.17. The number of hydrogen-bond acceptors (Lipinski definition) is 0. The second-order valence-electron chi connectivity index (χ2n) is 2.01. The first-order chi connectivity index (χ1) is 4.31. The van der Waals surface area contributed by atoms with Crippen LogP contribution in [0.15, 0.2) is 10.6 Å². The molecule has 0 saturated heterocycles. The lowest BCUT2D eigenvalue weighted by molar-refractivity contribution is 0.725. The molecule has 0 radical (unpaired) electrons. The number of rotatable bonds is 4. The molecular weight excluding hydrogens is 155 g/mol. The van der Waals surface area contributed by atoms with Gasteiger partial charge in [-0.1, -0.05) is 43.0 Å². The van der Waals surface area contributed by atoms with E-state index >= 15 is 0 Å². The topological polar surface area (TPSA) is 0 Å². The maximum Gasteiger partial charge on any atom is 0.0293 e. The molecule has 0 bridgehead atoms. The van der Waals surface area contributed by atoms with Crippen LogP contribution in [-0.2, 0) is 0 Å². The van der Waals surface area contributed by atoms with Crippen molar-refractivity contribution in [3.05, 3.63) is 10.6 Å². The third-order valence-electron chi connectivity index (χ3n) is 1.14. The van der Waals surface area contributed by atoms with Crippen LogP contribution in [0.4, 0.5) is 0 Å². The molecule has 0 heterocycles. The van der Waals surface area contributed by atoms with E-state index in [1.54, 1.807) is 0 Å². The molecular formula is C7H12Cl2. The Balaban J connectivity index is 3.07. The summed E-state index contributed by atoms with van der Waals surface area (Å²) in [6.45, 7) is 2.16. The maximum atomic E-state index is 5.63. The van der Waals surface area contributed by atoms with Gasteiger partial charge in [0, 0.05) is 10.6 Å². The van der Waals surface area contributed by atoms with Crippen molar-refractivity contribution in [2.24, 2.45) is 0 Å². The van der Waals surface area contributed by atoms with Crippen LogP contribution >= 0.6 is 23.2 Å². The molecule has 0 amide bonds. The minimum Gasteiger partial charge on any atom is -0.0917 e. The van der Waals surface area contributed by atoms with Gasteiger partial charge in [0.05, 0.1) is 0 Å². The Morgan fingerprint density at radius 3 is 2.56 bits per heavy atom. The summed E-state index contributed by atoms with van der Waals surface area (Å²) in [7, 11) is 0. The Hall–Kier alpha value is 0.320. The van der Waals surface area contributed by atoms with Crippen LogP contribution in [0.3, 0.4) is 0 Å². The van der Waals surface area contributed by atoms with E-state index < -0.39 is 0 Å². The standard InChI is InChI=1S/C7H12Cl2/c1-2-3-4-5-7(9)6-8/h6H,2-5H2,1H3/b7-6-. The largest absolute Gasteiger partial charge is 0.0917 e. The van der Waals surface area contributed by atoms with Gasteiger partial charge in [-0.15, -0.1) is 0 Å². The van der Waals surface area contributed by atoms with E-state index in [2.05, 4.69) is 6.92 Å². The SMILES string of the molecule is CCCCC/C(Cl)=C/Cl. The quantitative estimate of drug-likeness (QED) is 0.557. The third kappa shape index (κ3) is 6.20. The molecule has 0 spiro atoms. The highest BCUT2D eigenvalue weighted by Crippen LogP contribution is 2.13. The molecule has 0 aromatic rings. The lowest BCUT2D eigenvalue weighted by Gasteiger charge is -1.94. The Labute approximate surface area is 66.8 Å². The molecule has 0 aliphatic heterocycles. The second kappa shape index (κ2) is 6.44. The molecule has 54 valence electrons. The zero-order chi connectivity index (χ0) is 7.11. The van der Waals surface area contributed by atoms with Gasteiger partial charge in [0.1, 0.15) is 0 Å². The summed E-state index contributed by atoms with van der Waals surface area (Å²) >= 11 is 11.0. The molecule has 0 rings (SSSR count). The van der Waals surface area contributed by atoms with Gasteiger partial charge in [0.2, 0.25) is 0 Å². The van der Waals surface area contributed by atoms with Crippen LogP contribution in [0.25, 0.3) is 0 Å². The highest BCUT2D eigenvalue weighted by atomic mass is 35.5.